The SMILES string of the molecule is CC(C)(CCBr)NS(=O)(=O)c1cn[nH]c1. The van der Waals surface area contributed by atoms with Gasteiger partial charge < -0.3 is 0 Å². The maximum absolute atomic E-state index is 11.8. The third-order valence-electron chi connectivity index (χ3n) is 1.91. The Kier molecular flexibility index (Phi) is 3.91. The van der Waals surface area contributed by atoms with Crippen LogP contribution in [0.2, 0.25) is 0 Å². The van der Waals surface area contributed by atoms with Crippen LogP contribution in [0.4, 0.5) is 0 Å². The van der Waals surface area contributed by atoms with E-state index in [1.165, 1.54) is 12.4 Å². The third kappa shape index (κ3) is 3.58. The second-order valence-corrected chi connectivity index (χ2v) is 6.34. The van der Waals surface area contributed by atoms with Gasteiger partial charge in [-0.25, -0.2) is 13.1 Å². The highest BCUT2D eigenvalue weighted by atomic mass is 79.9. The quantitative estimate of drug-likeness (QED) is 0.803. The molecule has 0 saturated carbocycles. The van der Waals surface area contributed by atoms with Gasteiger partial charge in [-0.2, -0.15) is 5.10 Å². The van der Waals surface area contributed by atoms with E-state index in [1.807, 2.05) is 13.8 Å². The van der Waals surface area contributed by atoms with Gasteiger partial charge in [0.1, 0.15) is 4.90 Å². The van der Waals surface area contributed by atoms with Gasteiger partial charge in [-0.05, 0) is 20.3 Å². The summed E-state index contributed by atoms with van der Waals surface area (Å²) in [4.78, 5) is 0.158. The third-order valence-corrected chi connectivity index (χ3v) is 3.98. The number of sulfonamides is 1. The number of hydrogen-bond acceptors (Lipinski definition) is 3. The molecule has 15 heavy (non-hydrogen) atoms. The average Bonchev–Trinajstić information content (AvgIpc) is 2.52. The first kappa shape index (κ1) is 12.7. The first-order valence-corrected chi connectivity index (χ1v) is 7.06. The van der Waals surface area contributed by atoms with Gasteiger partial charge in [0.25, 0.3) is 0 Å². The van der Waals surface area contributed by atoms with Crippen molar-refractivity contribution in [2.75, 3.05) is 5.33 Å². The molecule has 0 aliphatic carbocycles. The van der Waals surface area contributed by atoms with E-state index < -0.39 is 15.6 Å². The molecule has 0 amide bonds. The van der Waals surface area contributed by atoms with Crippen LogP contribution in [0.3, 0.4) is 0 Å². The fourth-order valence-corrected chi connectivity index (χ4v) is 3.43. The fraction of sp³-hybridized carbons (Fsp3) is 0.625. The predicted octanol–water partition coefficient (Wildman–Crippen LogP) is 1.25. The molecule has 0 atom stereocenters. The number of aromatic nitrogens is 2. The molecule has 7 heteroatoms. The van der Waals surface area contributed by atoms with E-state index in [2.05, 4.69) is 30.8 Å². The molecule has 0 aliphatic heterocycles. The van der Waals surface area contributed by atoms with E-state index in [-0.39, 0.29) is 4.90 Å². The normalized spacial score (nSPS) is 13.0. The Morgan fingerprint density at radius 2 is 2.27 bits per heavy atom. The lowest BCUT2D eigenvalue weighted by molar-refractivity contribution is 0.443. The number of H-pyrrole nitrogens is 1. The second kappa shape index (κ2) is 4.63. The number of halogens is 1. The predicted molar refractivity (Wildman–Crippen MR) is 61.4 cm³/mol. The number of nitrogens with one attached hydrogen (secondary N) is 2. The van der Waals surface area contributed by atoms with Gasteiger partial charge in [0, 0.05) is 17.1 Å². The van der Waals surface area contributed by atoms with Crippen molar-refractivity contribution < 1.29 is 8.42 Å². The van der Waals surface area contributed by atoms with E-state index in [1.54, 1.807) is 0 Å². The molecule has 5 nitrogen and oxygen atoms in total. The van der Waals surface area contributed by atoms with E-state index in [4.69, 9.17) is 0 Å². The molecule has 0 aromatic carbocycles. The van der Waals surface area contributed by atoms with Crippen LogP contribution in [0.25, 0.3) is 0 Å². The molecule has 0 saturated heterocycles. The van der Waals surface area contributed by atoms with E-state index in [0.717, 1.165) is 5.33 Å². The van der Waals surface area contributed by atoms with Gasteiger partial charge in [0.15, 0.2) is 0 Å². The number of nitrogens with zero attached hydrogens (tertiary/aromatic N) is 1. The maximum Gasteiger partial charge on any atom is 0.244 e. The molecule has 1 aromatic heterocycles. The summed E-state index contributed by atoms with van der Waals surface area (Å²) >= 11 is 3.29. The molecule has 0 bridgehead atoms. The molecule has 0 spiro atoms. The van der Waals surface area contributed by atoms with Crippen LogP contribution in [0.5, 0.6) is 0 Å². The lowest BCUT2D eigenvalue weighted by Gasteiger charge is -2.24. The summed E-state index contributed by atoms with van der Waals surface area (Å²) in [7, 11) is -3.46. The molecule has 1 aromatic rings. The van der Waals surface area contributed by atoms with Crippen molar-refractivity contribution in [3.63, 3.8) is 0 Å². The lowest BCUT2D eigenvalue weighted by Crippen LogP contribution is -2.43. The first-order chi connectivity index (χ1) is 6.87. The van der Waals surface area contributed by atoms with Crippen LogP contribution < -0.4 is 4.72 Å². The Balaban J connectivity index is 2.82. The molecule has 0 radical (unpaired) electrons. The summed E-state index contributed by atoms with van der Waals surface area (Å²) < 4.78 is 26.2. The van der Waals surface area contributed by atoms with Gasteiger partial charge in [-0.3, -0.25) is 5.10 Å². The Hall–Kier alpha value is -0.400. The minimum atomic E-state index is -3.46. The Labute approximate surface area is 97.8 Å². The van der Waals surface area contributed by atoms with Crippen LogP contribution in [-0.4, -0.2) is 29.5 Å². The maximum atomic E-state index is 11.8. The summed E-state index contributed by atoms with van der Waals surface area (Å²) in [6.45, 7) is 3.68. The molecular formula is C8H14BrN3O2S. The summed E-state index contributed by atoms with van der Waals surface area (Å²) in [6, 6.07) is 0. The second-order valence-electron chi connectivity index (χ2n) is 3.86. The smallest absolute Gasteiger partial charge is 0.244 e. The highest BCUT2D eigenvalue weighted by Crippen LogP contribution is 2.15. The van der Waals surface area contributed by atoms with Crippen molar-refractivity contribution in [1.29, 1.82) is 0 Å². The zero-order chi connectivity index (χ0) is 11.5. The highest BCUT2D eigenvalue weighted by molar-refractivity contribution is 9.09. The van der Waals surface area contributed by atoms with Gasteiger partial charge in [-0.15, -0.1) is 0 Å². The van der Waals surface area contributed by atoms with Crippen molar-refractivity contribution in [3.8, 4) is 0 Å². The average molecular weight is 296 g/mol. The minimum absolute atomic E-state index is 0.158. The standard InChI is InChI=1S/C8H14BrN3O2S/c1-8(2,3-4-9)12-15(13,14)7-5-10-11-6-7/h5-6,12H,3-4H2,1-2H3,(H,10,11). The van der Waals surface area contributed by atoms with Crippen LogP contribution in [-0.2, 0) is 10.0 Å². The number of rotatable bonds is 5. The van der Waals surface area contributed by atoms with Crippen LogP contribution >= 0.6 is 15.9 Å². The largest absolute Gasteiger partial charge is 0.284 e. The fourth-order valence-electron chi connectivity index (χ4n) is 1.10. The molecule has 1 heterocycles. The monoisotopic (exact) mass is 295 g/mol. The lowest BCUT2D eigenvalue weighted by atomic mass is 10.0. The molecule has 0 fully saturated rings. The highest BCUT2D eigenvalue weighted by Gasteiger charge is 2.25. The molecule has 2 N–H and O–H groups in total. The van der Waals surface area contributed by atoms with Gasteiger partial charge >= 0.3 is 0 Å². The molecule has 0 unspecified atom stereocenters. The van der Waals surface area contributed by atoms with Crippen molar-refractivity contribution >= 4 is 26.0 Å². The van der Waals surface area contributed by atoms with Crippen LogP contribution in [0, 0.1) is 0 Å². The Morgan fingerprint density at radius 3 is 2.73 bits per heavy atom. The molecule has 1 rings (SSSR count). The zero-order valence-corrected chi connectivity index (χ0v) is 11.0. The van der Waals surface area contributed by atoms with Crippen molar-refractivity contribution in [2.24, 2.45) is 0 Å². The Morgan fingerprint density at radius 1 is 1.60 bits per heavy atom. The van der Waals surface area contributed by atoms with E-state index >= 15 is 0 Å². The van der Waals surface area contributed by atoms with Gasteiger partial charge in [0.05, 0.1) is 6.20 Å². The van der Waals surface area contributed by atoms with E-state index in [9.17, 15) is 8.42 Å². The van der Waals surface area contributed by atoms with Crippen molar-refractivity contribution in [3.05, 3.63) is 12.4 Å². The first-order valence-electron chi connectivity index (χ1n) is 4.46. The summed E-state index contributed by atoms with van der Waals surface area (Å²) in [5.74, 6) is 0. The molecular weight excluding hydrogens is 282 g/mol. The molecule has 86 valence electrons. The minimum Gasteiger partial charge on any atom is -0.284 e. The van der Waals surface area contributed by atoms with E-state index in [0.29, 0.717) is 6.42 Å². The summed E-state index contributed by atoms with van der Waals surface area (Å²) in [5, 5.41) is 6.83. The van der Waals surface area contributed by atoms with Gasteiger partial charge in [-0.1, -0.05) is 15.9 Å². The van der Waals surface area contributed by atoms with Crippen molar-refractivity contribution in [1.82, 2.24) is 14.9 Å². The zero-order valence-electron chi connectivity index (χ0n) is 8.62. The summed E-state index contributed by atoms with van der Waals surface area (Å²) in [5.41, 5.74) is -0.473. The molecule has 0 aliphatic rings. The summed E-state index contributed by atoms with van der Waals surface area (Å²) in [6.07, 6.45) is 3.35. The van der Waals surface area contributed by atoms with Gasteiger partial charge in [0.2, 0.25) is 10.0 Å². The number of aromatic amines is 1. The topological polar surface area (TPSA) is 74.8 Å². The number of alkyl halides is 1. The van der Waals surface area contributed by atoms with Crippen molar-refractivity contribution in [2.45, 2.75) is 30.7 Å². The van der Waals surface area contributed by atoms with Crippen LogP contribution in [0.1, 0.15) is 20.3 Å². The van der Waals surface area contributed by atoms with Crippen LogP contribution in [0.15, 0.2) is 17.3 Å². The Bertz CT molecular complexity index is 400. The number of hydrogen-bond donors (Lipinski definition) is 2.